The summed E-state index contributed by atoms with van der Waals surface area (Å²) in [4.78, 5) is 21.6. The number of hydrogen-bond acceptors (Lipinski definition) is 5. The Kier molecular flexibility index (Phi) is 11.7. The second-order valence-corrected chi connectivity index (χ2v) is 9.95. The molecule has 0 saturated heterocycles. The molecule has 5 heteroatoms. The zero-order chi connectivity index (χ0) is 24.8. The summed E-state index contributed by atoms with van der Waals surface area (Å²) in [6.07, 6.45) is 17.2. The third-order valence-electron chi connectivity index (χ3n) is 6.11. The first-order valence-corrected chi connectivity index (χ1v) is 12.9. The maximum atomic E-state index is 12.5. The molecule has 0 aliphatic carbocycles. The molecule has 1 atom stereocenters. The van der Waals surface area contributed by atoms with Crippen molar-refractivity contribution in [2.75, 3.05) is 0 Å². The number of aromatic nitrogens is 2. The molecule has 1 unspecified atom stereocenters. The van der Waals surface area contributed by atoms with Gasteiger partial charge in [-0.05, 0) is 61.9 Å². The van der Waals surface area contributed by atoms with Gasteiger partial charge in [0, 0.05) is 18.0 Å². The average molecular weight is 464 g/mol. The lowest BCUT2D eigenvalue weighted by atomic mass is 9.83. The zero-order valence-corrected chi connectivity index (χ0v) is 21.5. The summed E-state index contributed by atoms with van der Waals surface area (Å²) in [6, 6.07) is 9.23. The first kappa shape index (κ1) is 27.5. The number of unbranched alkanes of at least 4 members (excludes halogenated alkanes) is 8. The molecule has 0 fully saturated rings. The van der Waals surface area contributed by atoms with Crippen LogP contribution < -0.4 is 4.74 Å². The van der Waals surface area contributed by atoms with Crippen LogP contribution in [0.3, 0.4) is 0 Å². The van der Waals surface area contributed by atoms with Gasteiger partial charge in [0.1, 0.15) is 5.75 Å². The van der Waals surface area contributed by atoms with Crippen molar-refractivity contribution in [3.8, 4) is 23.2 Å². The van der Waals surface area contributed by atoms with Gasteiger partial charge in [0.2, 0.25) is 0 Å². The molecule has 0 aliphatic rings. The summed E-state index contributed by atoms with van der Waals surface area (Å²) < 4.78 is 5.48. The normalized spacial score (nSPS) is 12.8. The van der Waals surface area contributed by atoms with Gasteiger partial charge in [-0.1, -0.05) is 72.1 Å². The zero-order valence-electron chi connectivity index (χ0n) is 21.5. The van der Waals surface area contributed by atoms with Crippen molar-refractivity contribution in [2.24, 2.45) is 11.3 Å². The van der Waals surface area contributed by atoms with E-state index in [-0.39, 0.29) is 5.92 Å². The highest BCUT2D eigenvalue weighted by atomic mass is 16.5. The smallest absolute Gasteiger partial charge is 0.331 e. The van der Waals surface area contributed by atoms with Crippen LogP contribution in [-0.4, -0.2) is 15.9 Å². The van der Waals surface area contributed by atoms with Gasteiger partial charge in [-0.2, -0.15) is 5.26 Å². The summed E-state index contributed by atoms with van der Waals surface area (Å²) in [5.41, 5.74) is 0.873. The lowest BCUT2D eigenvalue weighted by molar-refractivity contribution is -0.142. The molecule has 34 heavy (non-hydrogen) atoms. The first-order chi connectivity index (χ1) is 16.4. The highest BCUT2D eigenvalue weighted by Gasteiger charge is 2.36. The van der Waals surface area contributed by atoms with E-state index in [2.05, 4.69) is 23.0 Å². The fraction of sp³-hybridized carbons (Fsp3) is 0.586. The number of nitriles is 1. The molecule has 2 rings (SSSR count). The Hall–Kier alpha value is -2.74. The molecule has 2 aromatic rings. The van der Waals surface area contributed by atoms with Crippen LogP contribution in [-0.2, 0) is 11.2 Å². The molecule has 1 heterocycles. The minimum atomic E-state index is -1.15. The Morgan fingerprint density at radius 1 is 0.971 bits per heavy atom. The monoisotopic (exact) mass is 463 g/mol. The number of nitrogens with zero attached hydrogens (tertiary/aromatic N) is 3. The lowest BCUT2D eigenvalue weighted by Crippen LogP contribution is -2.32. The van der Waals surface area contributed by atoms with Crippen LogP contribution in [0.25, 0.3) is 11.4 Å². The number of esters is 1. The molecule has 0 bridgehead atoms. The van der Waals surface area contributed by atoms with E-state index in [1.807, 2.05) is 38.4 Å². The predicted molar refractivity (Wildman–Crippen MR) is 137 cm³/mol. The van der Waals surface area contributed by atoms with Gasteiger partial charge in [-0.3, -0.25) is 0 Å². The number of ether oxygens (including phenoxy) is 1. The second-order valence-electron chi connectivity index (χ2n) is 9.95. The molecular weight excluding hydrogens is 422 g/mol. The Labute approximate surface area is 206 Å². The van der Waals surface area contributed by atoms with Crippen molar-refractivity contribution < 1.29 is 9.53 Å². The molecule has 0 radical (unpaired) electrons. The van der Waals surface area contributed by atoms with Crippen LogP contribution in [0.5, 0.6) is 5.75 Å². The molecule has 184 valence electrons. The van der Waals surface area contributed by atoms with Gasteiger partial charge < -0.3 is 4.74 Å². The van der Waals surface area contributed by atoms with Crippen molar-refractivity contribution in [3.63, 3.8) is 0 Å². The van der Waals surface area contributed by atoms with E-state index in [0.717, 1.165) is 17.5 Å². The number of aryl methyl sites for hydroxylation is 1. The summed E-state index contributed by atoms with van der Waals surface area (Å²) in [7, 11) is 0. The van der Waals surface area contributed by atoms with Crippen molar-refractivity contribution in [1.29, 1.82) is 5.26 Å². The van der Waals surface area contributed by atoms with Crippen molar-refractivity contribution in [3.05, 3.63) is 42.2 Å². The van der Waals surface area contributed by atoms with Crippen LogP contribution in [0.1, 0.15) is 97.5 Å². The average Bonchev–Trinajstić information content (AvgIpc) is 2.83. The van der Waals surface area contributed by atoms with E-state index < -0.39 is 11.4 Å². The molecule has 0 amide bonds. The third-order valence-corrected chi connectivity index (χ3v) is 6.11. The summed E-state index contributed by atoms with van der Waals surface area (Å²) in [5.74, 6) is 0.768. The lowest BCUT2D eigenvalue weighted by Gasteiger charge is -2.21. The van der Waals surface area contributed by atoms with E-state index in [4.69, 9.17) is 4.74 Å². The van der Waals surface area contributed by atoms with Gasteiger partial charge >= 0.3 is 5.97 Å². The van der Waals surface area contributed by atoms with Crippen LogP contribution in [0.4, 0.5) is 0 Å². The van der Waals surface area contributed by atoms with E-state index in [0.29, 0.717) is 18.0 Å². The predicted octanol–water partition coefficient (Wildman–Crippen LogP) is 7.70. The highest BCUT2D eigenvalue weighted by molar-refractivity contribution is 5.81. The van der Waals surface area contributed by atoms with E-state index in [1.165, 1.54) is 57.8 Å². The Morgan fingerprint density at radius 3 is 2.06 bits per heavy atom. The topological polar surface area (TPSA) is 75.9 Å². The fourth-order valence-electron chi connectivity index (χ4n) is 4.16. The van der Waals surface area contributed by atoms with Gasteiger partial charge in [0.25, 0.3) is 0 Å². The molecule has 0 saturated carbocycles. The highest BCUT2D eigenvalue weighted by Crippen LogP contribution is 2.28. The Balaban J connectivity index is 1.79. The minimum Gasteiger partial charge on any atom is -0.425 e. The first-order valence-electron chi connectivity index (χ1n) is 12.9. The van der Waals surface area contributed by atoms with Crippen molar-refractivity contribution >= 4 is 5.97 Å². The van der Waals surface area contributed by atoms with Crippen molar-refractivity contribution in [1.82, 2.24) is 9.97 Å². The molecule has 1 aromatic carbocycles. The maximum Gasteiger partial charge on any atom is 0.331 e. The molecule has 0 N–H and O–H groups in total. The number of benzene rings is 1. The number of carbonyl (C=O) groups excluding carboxylic acids is 1. The van der Waals surface area contributed by atoms with Crippen LogP contribution in [0.2, 0.25) is 0 Å². The van der Waals surface area contributed by atoms with Crippen LogP contribution >= 0.6 is 0 Å². The third kappa shape index (κ3) is 9.25. The number of rotatable bonds is 15. The van der Waals surface area contributed by atoms with E-state index in [1.54, 1.807) is 19.1 Å². The summed E-state index contributed by atoms with van der Waals surface area (Å²) >= 11 is 0. The maximum absolute atomic E-state index is 12.5. The van der Waals surface area contributed by atoms with Gasteiger partial charge in [0.15, 0.2) is 11.2 Å². The SMILES string of the molecule is CCCCCCCCCCCc1cnc(-c2ccc(OC(=O)C(C)(C#N)CC(C)C)cc2)nc1. The molecule has 0 spiro atoms. The van der Waals surface area contributed by atoms with Crippen LogP contribution in [0, 0.1) is 22.7 Å². The van der Waals surface area contributed by atoms with E-state index >= 15 is 0 Å². The summed E-state index contributed by atoms with van der Waals surface area (Å²) in [5, 5.41) is 9.46. The molecule has 1 aromatic heterocycles. The minimum absolute atomic E-state index is 0.222. The molecule has 5 nitrogen and oxygen atoms in total. The second kappa shape index (κ2) is 14.5. The largest absolute Gasteiger partial charge is 0.425 e. The molecule has 0 aliphatic heterocycles. The van der Waals surface area contributed by atoms with Gasteiger partial charge in [-0.15, -0.1) is 0 Å². The van der Waals surface area contributed by atoms with Gasteiger partial charge in [0.05, 0.1) is 6.07 Å². The van der Waals surface area contributed by atoms with E-state index in [9.17, 15) is 10.1 Å². The number of carbonyl (C=O) groups is 1. The van der Waals surface area contributed by atoms with Crippen LogP contribution in [0.15, 0.2) is 36.7 Å². The Bertz CT molecular complexity index is 900. The van der Waals surface area contributed by atoms with Gasteiger partial charge in [-0.25, -0.2) is 14.8 Å². The molecular formula is C29H41N3O2. The standard InChI is InChI=1S/C29H41N3O2/c1-5-6-7-8-9-10-11-12-13-14-24-20-31-27(32-21-24)25-15-17-26(18-16-25)34-28(33)29(4,22-30)19-23(2)3/h15-18,20-21,23H,5-14,19H2,1-4H3. The Morgan fingerprint density at radius 2 is 1.53 bits per heavy atom. The quantitative estimate of drug-likeness (QED) is 0.154. The fourth-order valence-corrected chi connectivity index (χ4v) is 4.16. The van der Waals surface area contributed by atoms with Crippen molar-refractivity contribution in [2.45, 2.75) is 98.3 Å². The summed E-state index contributed by atoms with van der Waals surface area (Å²) in [6.45, 7) is 7.86. The number of hydrogen-bond donors (Lipinski definition) is 0.